The van der Waals surface area contributed by atoms with Gasteiger partial charge in [-0.05, 0) is 0 Å². The Labute approximate surface area is 104 Å². The van der Waals surface area contributed by atoms with Crippen molar-refractivity contribution in [3.05, 3.63) is 17.0 Å². The normalized spacial score (nSPS) is 13.2. The van der Waals surface area contributed by atoms with E-state index in [2.05, 4.69) is 15.3 Å². The molecule has 18 heavy (non-hydrogen) atoms. The number of hydrogen-bond acceptors (Lipinski definition) is 5. The molecule has 4 N–H and O–H groups in total. The maximum atomic E-state index is 12.3. The van der Waals surface area contributed by atoms with Crippen molar-refractivity contribution in [1.29, 1.82) is 0 Å². The van der Waals surface area contributed by atoms with Crippen LogP contribution in [0.3, 0.4) is 0 Å². The maximum Gasteiger partial charge on any atom is 0.451 e. The molecule has 1 aromatic rings. The van der Waals surface area contributed by atoms with Gasteiger partial charge in [0.1, 0.15) is 17.1 Å². The van der Waals surface area contributed by atoms with Gasteiger partial charge in [-0.15, -0.1) is 0 Å². The topological polar surface area (TPSA) is 101 Å². The number of carbonyl (C=O) groups is 1. The minimum Gasteiger partial charge on any atom is -0.381 e. The van der Waals surface area contributed by atoms with E-state index in [0.717, 1.165) is 6.07 Å². The van der Waals surface area contributed by atoms with E-state index in [4.69, 9.17) is 22.4 Å². The van der Waals surface area contributed by atoms with Gasteiger partial charge < -0.3 is 16.2 Å². The molecule has 0 spiro atoms. The van der Waals surface area contributed by atoms with Crippen molar-refractivity contribution in [2.75, 3.05) is 11.9 Å². The SMILES string of the molecule is NC(=O)C(O)CNc1cc(Cl)nc(C(F)(F)F)n1. The summed E-state index contributed by atoms with van der Waals surface area (Å²) in [5, 5.41) is 10.9. The van der Waals surface area contributed by atoms with Crippen molar-refractivity contribution >= 4 is 23.3 Å². The molecule has 1 heterocycles. The van der Waals surface area contributed by atoms with Crippen molar-refractivity contribution in [2.24, 2.45) is 5.73 Å². The highest BCUT2D eigenvalue weighted by Gasteiger charge is 2.35. The summed E-state index contributed by atoms with van der Waals surface area (Å²) in [6.07, 6.45) is -6.29. The monoisotopic (exact) mass is 284 g/mol. The summed E-state index contributed by atoms with van der Waals surface area (Å²) in [6.45, 7) is -0.389. The van der Waals surface area contributed by atoms with Crippen molar-refractivity contribution in [1.82, 2.24) is 9.97 Å². The van der Waals surface area contributed by atoms with E-state index in [-0.39, 0.29) is 12.4 Å². The fraction of sp³-hybridized carbons (Fsp3) is 0.375. The second-order valence-electron chi connectivity index (χ2n) is 3.20. The van der Waals surface area contributed by atoms with Crippen LogP contribution in [0, 0.1) is 0 Å². The number of amides is 1. The van der Waals surface area contributed by atoms with Crippen molar-refractivity contribution in [3.63, 3.8) is 0 Å². The molecule has 0 aliphatic heterocycles. The molecule has 0 saturated carbocycles. The number of primary amides is 1. The lowest BCUT2D eigenvalue weighted by Gasteiger charge is -2.11. The van der Waals surface area contributed by atoms with Crippen molar-refractivity contribution in [2.45, 2.75) is 12.3 Å². The smallest absolute Gasteiger partial charge is 0.381 e. The van der Waals surface area contributed by atoms with Crippen LogP contribution in [0.4, 0.5) is 19.0 Å². The number of hydrogen-bond donors (Lipinski definition) is 3. The first-order valence-corrected chi connectivity index (χ1v) is 4.91. The van der Waals surface area contributed by atoms with Gasteiger partial charge >= 0.3 is 6.18 Å². The van der Waals surface area contributed by atoms with Crippen LogP contribution in [-0.2, 0) is 11.0 Å². The lowest BCUT2D eigenvalue weighted by atomic mass is 10.3. The van der Waals surface area contributed by atoms with E-state index < -0.39 is 29.2 Å². The summed E-state index contributed by atoms with van der Waals surface area (Å²) in [5.41, 5.74) is 4.76. The van der Waals surface area contributed by atoms with Crippen molar-refractivity contribution in [3.8, 4) is 0 Å². The Balaban J connectivity index is 2.84. The first-order chi connectivity index (χ1) is 8.20. The van der Waals surface area contributed by atoms with Gasteiger partial charge in [0.25, 0.3) is 0 Å². The molecule has 10 heteroatoms. The number of nitrogens with one attached hydrogen (secondary N) is 1. The zero-order valence-corrected chi connectivity index (χ0v) is 9.46. The fourth-order valence-electron chi connectivity index (χ4n) is 0.937. The van der Waals surface area contributed by atoms with Crippen LogP contribution in [0.15, 0.2) is 6.07 Å². The first-order valence-electron chi connectivity index (χ1n) is 4.53. The van der Waals surface area contributed by atoms with Gasteiger partial charge in [-0.25, -0.2) is 9.97 Å². The molecule has 0 radical (unpaired) electrons. The Morgan fingerprint density at radius 3 is 2.67 bits per heavy atom. The van der Waals surface area contributed by atoms with Gasteiger partial charge in [-0.3, -0.25) is 4.79 Å². The molecule has 100 valence electrons. The number of carbonyl (C=O) groups excluding carboxylic acids is 1. The molecule has 1 aromatic heterocycles. The zero-order chi connectivity index (χ0) is 13.9. The first kappa shape index (κ1) is 14.5. The average molecular weight is 285 g/mol. The number of aliphatic hydroxyl groups is 1. The Kier molecular flexibility index (Phi) is 4.30. The summed E-state index contributed by atoms with van der Waals surface area (Å²) >= 11 is 5.39. The Morgan fingerprint density at radius 2 is 2.17 bits per heavy atom. The second kappa shape index (κ2) is 5.36. The molecule has 0 aliphatic rings. The highest BCUT2D eigenvalue weighted by Crippen LogP contribution is 2.28. The second-order valence-corrected chi connectivity index (χ2v) is 3.58. The quantitative estimate of drug-likeness (QED) is 0.695. The Hall–Kier alpha value is -1.61. The summed E-state index contributed by atoms with van der Waals surface area (Å²) in [4.78, 5) is 16.7. The molecule has 0 aromatic carbocycles. The van der Waals surface area contributed by atoms with Crippen LogP contribution in [0.2, 0.25) is 5.15 Å². The van der Waals surface area contributed by atoms with Gasteiger partial charge in [0.15, 0.2) is 0 Å². The predicted molar refractivity (Wildman–Crippen MR) is 55.7 cm³/mol. The Bertz CT molecular complexity index is 454. The number of anilines is 1. The number of nitrogens with two attached hydrogens (primary N) is 1. The van der Waals surface area contributed by atoms with Crippen LogP contribution in [0.1, 0.15) is 5.82 Å². The molecule has 0 fully saturated rings. The number of aliphatic hydroxyl groups excluding tert-OH is 1. The van der Waals surface area contributed by atoms with Gasteiger partial charge in [0.05, 0.1) is 6.54 Å². The van der Waals surface area contributed by atoms with E-state index in [0.29, 0.717) is 0 Å². The molecule has 0 aliphatic carbocycles. The summed E-state index contributed by atoms with van der Waals surface area (Å²) in [6, 6.07) is 1.02. The van der Waals surface area contributed by atoms with Gasteiger partial charge in [0, 0.05) is 6.07 Å². The van der Waals surface area contributed by atoms with Crippen LogP contribution >= 0.6 is 11.6 Å². The molecule has 1 unspecified atom stereocenters. The number of aromatic nitrogens is 2. The summed E-state index contributed by atoms with van der Waals surface area (Å²) in [5.74, 6) is -2.72. The minimum atomic E-state index is -4.75. The van der Waals surface area contributed by atoms with E-state index in [9.17, 15) is 18.0 Å². The highest BCUT2D eigenvalue weighted by molar-refractivity contribution is 6.29. The highest BCUT2D eigenvalue weighted by atomic mass is 35.5. The van der Waals surface area contributed by atoms with Crippen LogP contribution in [0.25, 0.3) is 0 Å². The number of nitrogens with zero attached hydrogens (tertiary/aromatic N) is 2. The predicted octanol–water partition coefficient (Wildman–Crippen LogP) is 0.407. The van der Waals surface area contributed by atoms with Gasteiger partial charge in [-0.1, -0.05) is 11.6 Å². The lowest BCUT2D eigenvalue weighted by Crippen LogP contribution is -2.34. The Morgan fingerprint density at radius 1 is 1.56 bits per heavy atom. The molecule has 6 nitrogen and oxygen atoms in total. The molecule has 1 amide bonds. The largest absolute Gasteiger partial charge is 0.451 e. The fourth-order valence-corrected chi connectivity index (χ4v) is 1.12. The van der Waals surface area contributed by atoms with E-state index in [1.807, 2.05) is 0 Å². The third-order valence-electron chi connectivity index (χ3n) is 1.75. The van der Waals surface area contributed by atoms with E-state index in [1.165, 1.54) is 0 Å². The number of rotatable bonds is 4. The van der Waals surface area contributed by atoms with Gasteiger partial charge in [-0.2, -0.15) is 13.2 Å². The standard InChI is InChI=1S/C8H8ClF3N4O2/c9-4-1-5(14-2-3(17)6(13)18)16-7(15-4)8(10,11)12/h1,3,17H,2H2,(H2,13,18)(H,14,15,16). The van der Waals surface area contributed by atoms with Crippen LogP contribution in [-0.4, -0.2) is 33.6 Å². The maximum absolute atomic E-state index is 12.3. The number of alkyl halides is 3. The zero-order valence-electron chi connectivity index (χ0n) is 8.70. The minimum absolute atomic E-state index is 0.275. The summed E-state index contributed by atoms with van der Waals surface area (Å²) in [7, 11) is 0. The molecule has 0 bridgehead atoms. The van der Waals surface area contributed by atoms with Crippen LogP contribution in [0.5, 0.6) is 0 Å². The number of halogens is 4. The molecule has 0 saturated heterocycles. The molecular weight excluding hydrogens is 277 g/mol. The molecule has 1 rings (SSSR count). The average Bonchev–Trinajstić information content (AvgIpc) is 2.23. The lowest BCUT2D eigenvalue weighted by molar-refractivity contribution is -0.144. The third kappa shape index (κ3) is 4.00. The molecule has 1 atom stereocenters. The molecular formula is C8H8ClF3N4O2. The third-order valence-corrected chi connectivity index (χ3v) is 1.95. The van der Waals surface area contributed by atoms with Gasteiger partial charge in [0.2, 0.25) is 11.7 Å². The van der Waals surface area contributed by atoms with Crippen LogP contribution < -0.4 is 11.1 Å². The van der Waals surface area contributed by atoms with E-state index >= 15 is 0 Å². The van der Waals surface area contributed by atoms with Crippen molar-refractivity contribution < 1.29 is 23.1 Å². The van der Waals surface area contributed by atoms with E-state index in [1.54, 1.807) is 0 Å². The summed E-state index contributed by atoms with van der Waals surface area (Å²) < 4.78 is 37.0.